The van der Waals surface area contributed by atoms with Crippen LogP contribution in [-0.4, -0.2) is 72.6 Å². The SMILES string of the molecule is N#CC1(NC(=O)C(CC2CCCCC2)C2CCCCC2C(=O)N2CCOCC2)CCN(C(N)=O)CC1. The summed E-state index contributed by atoms with van der Waals surface area (Å²) >= 11 is 0. The standard InChI is InChI=1S/C27H43N5O4/c28-19-27(10-12-32(13-11-27)26(29)35)30-24(33)23(18-20-6-2-1-3-7-20)21-8-4-5-9-22(21)25(34)31-14-16-36-17-15-31/h20-23H,1-18H2,(H2,29,35)(H,30,33). The molecular formula is C27H43N5O4. The van der Waals surface area contributed by atoms with E-state index in [4.69, 9.17) is 10.5 Å². The zero-order valence-electron chi connectivity index (χ0n) is 21.6. The number of nitrogens with zero attached hydrogens (tertiary/aromatic N) is 3. The van der Waals surface area contributed by atoms with Gasteiger partial charge in [-0.05, 0) is 31.1 Å². The maximum atomic E-state index is 14.0. The van der Waals surface area contributed by atoms with Crippen LogP contribution in [0.15, 0.2) is 0 Å². The highest BCUT2D eigenvalue weighted by molar-refractivity contribution is 5.83. The molecule has 0 aromatic rings. The molecule has 0 aromatic carbocycles. The summed E-state index contributed by atoms with van der Waals surface area (Å²) in [6.45, 7) is 3.10. The van der Waals surface area contributed by atoms with Crippen LogP contribution in [0.25, 0.3) is 0 Å². The minimum Gasteiger partial charge on any atom is -0.378 e. The summed E-state index contributed by atoms with van der Waals surface area (Å²) in [5, 5.41) is 13.2. The smallest absolute Gasteiger partial charge is 0.314 e. The van der Waals surface area contributed by atoms with Crippen molar-refractivity contribution in [2.45, 2.75) is 82.6 Å². The number of hydrogen-bond acceptors (Lipinski definition) is 5. The number of piperidine rings is 1. The van der Waals surface area contributed by atoms with Crippen molar-refractivity contribution in [2.75, 3.05) is 39.4 Å². The van der Waals surface area contributed by atoms with E-state index in [2.05, 4.69) is 11.4 Å². The van der Waals surface area contributed by atoms with Gasteiger partial charge in [0.1, 0.15) is 5.54 Å². The number of nitriles is 1. The molecule has 4 amide bonds. The fourth-order valence-electron chi connectivity index (χ4n) is 6.93. The fourth-order valence-corrected chi connectivity index (χ4v) is 6.93. The Balaban J connectivity index is 1.53. The molecule has 3 unspecified atom stereocenters. The Morgan fingerprint density at radius 2 is 1.58 bits per heavy atom. The summed E-state index contributed by atoms with van der Waals surface area (Å²) in [5.41, 5.74) is 4.43. The topological polar surface area (TPSA) is 129 Å². The first-order valence-electron chi connectivity index (χ1n) is 14.1. The van der Waals surface area contributed by atoms with E-state index in [0.29, 0.717) is 58.2 Å². The number of ether oxygens (including phenoxy) is 1. The second kappa shape index (κ2) is 12.3. The minimum absolute atomic E-state index is 0.00234. The van der Waals surface area contributed by atoms with Crippen LogP contribution in [0, 0.1) is 35.0 Å². The first-order chi connectivity index (χ1) is 17.4. The Bertz CT molecular complexity index is 823. The van der Waals surface area contributed by atoms with Crippen molar-refractivity contribution >= 4 is 17.8 Å². The molecule has 4 fully saturated rings. The molecule has 4 rings (SSSR count). The molecule has 3 atom stereocenters. The van der Waals surface area contributed by atoms with Crippen molar-refractivity contribution < 1.29 is 19.1 Å². The van der Waals surface area contributed by atoms with Gasteiger partial charge >= 0.3 is 6.03 Å². The Morgan fingerprint density at radius 1 is 0.944 bits per heavy atom. The molecule has 2 saturated carbocycles. The number of primary amides is 1. The molecule has 2 heterocycles. The van der Waals surface area contributed by atoms with Crippen LogP contribution in [0.5, 0.6) is 0 Å². The number of likely N-dealkylation sites (tertiary alicyclic amines) is 1. The Kier molecular flexibility index (Phi) is 9.10. The number of rotatable bonds is 6. The summed E-state index contributed by atoms with van der Waals surface area (Å²) < 4.78 is 5.46. The van der Waals surface area contributed by atoms with Gasteiger partial charge in [-0.25, -0.2) is 4.79 Å². The molecule has 9 heteroatoms. The van der Waals surface area contributed by atoms with Crippen molar-refractivity contribution in [3.05, 3.63) is 0 Å². The quantitative estimate of drug-likeness (QED) is 0.578. The van der Waals surface area contributed by atoms with Crippen molar-refractivity contribution in [1.82, 2.24) is 15.1 Å². The van der Waals surface area contributed by atoms with Gasteiger partial charge in [0, 0.05) is 50.9 Å². The van der Waals surface area contributed by atoms with Crippen molar-refractivity contribution in [3.63, 3.8) is 0 Å². The summed E-state index contributed by atoms with van der Waals surface area (Å²) in [4.78, 5) is 42.7. The molecule has 0 spiro atoms. The minimum atomic E-state index is -0.994. The lowest BCUT2D eigenvalue weighted by Gasteiger charge is -2.42. The molecule has 2 aliphatic carbocycles. The van der Waals surface area contributed by atoms with Crippen molar-refractivity contribution in [1.29, 1.82) is 5.26 Å². The van der Waals surface area contributed by atoms with Gasteiger partial charge in [-0.15, -0.1) is 0 Å². The van der Waals surface area contributed by atoms with E-state index >= 15 is 0 Å². The highest BCUT2D eigenvalue weighted by Crippen LogP contribution is 2.42. The first-order valence-corrected chi connectivity index (χ1v) is 14.1. The summed E-state index contributed by atoms with van der Waals surface area (Å²) in [6, 6.07) is 1.86. The molecular weight excluding hydrogens is 458 g/mol. The molecule has 200 valence electrons. The maximum Gasteiger partial charge on any atom is 0.314 e. The molecule has 3 N–H and O–H groups in total. The van der Waals surface area contributed by atoms with Gasteiger partial charge in [-0.2, -0.15) is 5.26 Å². The summed E-state index contributed by atoms with van der Waals surface area (Å²) in [5.74, 6) is 0.159. The van der Waals surface area contributed by atoms with E-state index < -0.39 is 11.6 Å². The van der Waals surface area contributed by atoms with Gasteiger partial charge < -0.3 is 25.6 Å². The highest BCUT2D eigenvalue weighted by Gasteiger charge is 2.45. The average Bonchev–Trinajstić information content (AvgIpc) is 2.92. The van der Waals surface area contributed by atoms with Gasteiger partial charge in [0.15, 0.2) is 0 Å². The molecule has 36 heavy (non-hydrogen) atoms. The number of urea groups is 1. The highest BCUT2D eigenvalue weighted by atomic mass is 16.5. The third-order valence-corrected chi connectivity index (χ3v) is 9.13. The van der Waals surface area contributed by atoms with Crippen LogP contribution in [0.3, 0.4) is 0 Å². The molecule has 0 bridgehead atoms. The van der Waals surface area contributed by atoms with Gasteiger partial charge in [0.05, 0.1) is 19.3 Å². The maximum absolute atomic E-state index is 14.0. The number of nitrogens with two attached hydrogens (primary N) is 1. The molecule has 2 saturated heterocycles. The number of amides is 4. The molecule has 4 aliphatic rings. The first kappa shape index (κ1) is 26.7. The van der Waals surface area contributed by atoms with Crippen LogP contribution in [0.4, 0.5) is 4.79 Å². The van der Waals surface area contributed by atoms with E-state index in [-0.39, 0.29) is 29.6 Å². The van der Waals surface area contributed by atoms with Crippen molar-refractivity contribution in [2.24, 2.45) is 29.4 Å². The van der Waals surface area contributed by atoms with E-state index in [1.807, 2.05) is 4.90 Å². The number of hydrogen-bond donors (Lipinski definition) is 2. The zero-order chi connectivity index (χ0) is 25.5. The lowest BCUT2D eigenvalue weighted by molar-refractivity contribution is -0.145. The Hall–Kier alpha value is -2.34. The predicted octanol–water partition coefficient (Wildman–Crippen LogP) is 2.79. The van der Waals surface area contributed by atoms with E-state index in [1.54, 1.807) is 0 Å². The van der Waals surface area contributed by atoms with Crippen LogP contribution in [0.1, 0.15) is 77.0 Å². The number of carbonyl (C=O) groups excluding carboxylic acids is 3. The second-order valence-corrected chi connectivity index (χ2v) is 11.3. The zero-order valence-corrected chi connectivity index (χ0v) is 21.6. The second-order valence-electron chi connectivity index (χ2n) is 11.3. The largest absolute Gasteiger partial charge is 0.378 e. The number of carbonyl (C=O) groups is 3. The monoisotopic (exact) mass is 501 g/mol. The molecule has 0 aromatic heterocycles. The van der Waals surface area contributed by atoms with Crippen LogP contribution in [-0.2, 0) is 14.3 Å². The van der Waals surface area contributed by atoms with Crippen LogP contribution in [0.2, 0.25) is 0 Å². The predicted molar refractivity (Wildman–Crippen MR) is 134 cm³/mol. The molecule has 0 radical (unpaired) electrons. The van der Waals surface area contributed by atoms with Crippen molar-refractivity contribution in [3.8, 4) is 6.07 Å². The van der Waals surface area contributed by atoms with Crippen LogP contribution < -0.4 is 11.1 Å². The number of nitrogens with one attached hydrogen (secondary N) is 1. The average molecular weight is 502 g/mol. The van der Waals surface area contributed by atoms with Gasteiger partial charge in [0.2, 0.25) is 11.8 Å². The summed E-state index contributed by atoms with van der Waals surface area (Å²) in [6.07, 6.45) is 11.2. The van der Waals surface area contributed by atoms with Gasteiger partial charge in [-0.3, -0.25) is 9.59 Å². The van der Waals surface area contributed by atoms with E-state index in [0.717, 1.165) is 44.9 Å². The Labute approximate surface area is 215 Å². The fraction of sp³-hybridized carbons (Fsp3) is 0.852. The van der Waals surface area contributed by atoms with Gasteiger partial charge in [-0.1, -0.05) is 44.9 Å². The molecule has 2 aliphatic heterocycles. The Morgan fingerprint density at radius 3 is 2.22 bits per heavy atom. The molecule has 9 nitrogen and oxygen atoms in total. The number of morpholine rings is 1. The lowest BCUT2D eigenvalue weighted by Crippen LogP contribution is -2.58. The third kappa shape index (κ3) is 6.31. The van der Waals surface area contributed by atoms with E-state index in [9.17, 15) is 19.6 Å². The van der Waals surface area contributed by atoms with Gasteiger partial charge in [0.25, 0.3) is 0 Å². The summed E-state index contributed by atoms with van der Waals surface area (Å²) in [7, 11) is 0. The normalized spacial score (nSPS) is 28.1. The lowest BCUT2D eigenvalue weighted by atomic mass is 9.67. The third-order valence-electron chi connectivity index (χ3n) is 9.13. The van der Waals surface area contributed by atoms with Crippen LogP contribution >= 0.6 is 0 Å². The van der Waals surface area contributed by atoms with E-state index in [1.165, 1.54) is 24.2 Å².